The number of halogens is 2. The average molecular weight is 347 g/mol. The molecular weight excluding hydrogens is 332 g/mol. The number of hydrogen-bond donors (Lipinski definition) is 2. The number of fused-ring (bicyclic) bond motifs is 1. The molecule has 124 valence electrons. The zero-order valence-corrected chi connectivity index (χ0v) is 13.9. The van der Waals surface area contributed by atoms with Gasteiger partial charge in [-0.15, -0.1) is 11.3 Å². The van der Waals surface area contributed by atoms with Crippen LogP contribution >= 0.6 is 11.3 Å². The molecule has 0 radical (unpaired) electrons. The van der Waals surface area contributed by atoms with Crippen LogP contribution in [0.2, 0.25) is 0 Å². The third-order valence-electron chi connectivity index (χ3n) is 3.70. The molecule has 1 amide bonds. The highest BCUT2D eigenvalue weighted by Gasteiger charge is 2.13. The Balaban J connectivity index is 1.95. The molecule has 0 spiro atoms. The quantitative estimate of drug-likeness (QED) is 0.753. The molecule has 1 atom stereocenters. The highest BCUT2D eigenvalue weighted by Crippen LogP contribution is 2.33. The predicted octanol–water partition coefficient (Wildman–Crippen LogP) is 3.84. The van der Waals surface area contributed by atoms with Crippen LogP contribution in [0.1, 0.15) is 12.5 Å². The van der Waals surface area contributed by atoms with Crippen LogP contribution in [0.5, 0.6) is 0 Å². The van der Waals surface area contributed by atoms with Gasteiger partial charge in [-0.1, -0.05) is 0 Å². The summed E-state index contributed by atoms with van der Waals surface area (Å²) in [7, 11) is 0. The van der Waals surface area contributed by atoms with E-state index >= 15 is 0 Å². The number of anilines is 1. The largest absolute Gasteiger partial charge is 0.374 e. The molecule has 24 heavy (non-hydrogen) atoms. The average Bonchev–Trinajstić information content (AvgIpc) is 2.92. The minimum atomic E-state index is -0.907. The number of nitrogens with one attached hydrogen (secondary N) is 1. The summed E-state index contributed by atoms with van der Waals surface area (Å²) in [5, 5.41) is 3.71. The van der Waals surface area contributed by atoms with Crippen molar-refractivity contribution in [2.45, 2.75) is 19.9 Å². The molecule has 0 aliphatic heterocycles. The second-order valence-corrected chi connectivity index (χ2v) is 6.58. The summed E-state index contributed by atoms with van der Waals surface area (Å²) in [5.74, 6) is -2.22. The van der Waals surface area contributed by atoms with Gasteiger partial charge in [0.15, 0.2) is 11.6 Å². The standard InChI is InChI=1S/C17H15F2N3OS/c1-8-5-10(3-4-13(8)21-9(2)16(20)23)17-22-14-6-11(18)12(19)7-15(14)24-17/h3-7,9,21H,1-2H3,(H2,20,23). The van der Waals surface area contributed by atoms with E-state index in [4.69, 9.17) is 5.73 Å². The van der Waals surface area contributed by atoms with Crippen molar-refractivity contribution in [3.8, 4) is 10.6 Å². The number of carbonyl (C=O) groups is 1. The van der Waals surface area contributed by atoms with Gasteiger partial charge in [-0.3, -0.25) is 4.79 Å². The summed E-state index contributed by atoms with van der Waals surface area (Å²) in [6.07, 6.45) is 0. The lowest BCUT2D eigenvalue weighted by Gasteiger charge is -2.14. The molecule has 1 unspecified atom stereocenters. The lowest BCUT2D eigenvalue weighted by atomic mass is 10.1. The van der Waals surface area contributed by atoms with Crippen molar-refractivity contribution in [1.82, 2.24) is 4.98 Å². The van der Waals surface area contributed by atoms with Crippen molar-refractivity contribution in [2.75, 3.05) is 5.32 Å². The van der Waals surface area contributed by atoms with E-state index in [1.165, 1.54) is 11.3 Å². The maximum atomic E-state index is 13.3. The Morgan fingerprint density at radius 2 is 1.96 bits per heavy atom. The molecule has 2 aromatic carbocycles. The van der Waals surface area contributed by atoms with E-state index in [0.717, 1.165) is 28.9 Å². The van der Waals surface area contributed by atoms with Crippen molar-refractivity contribution in [2.24, 2.45) is 5.73 Å². The van der Waals surface area contributed by atoms with E-state index in [9.17, 15) is 13.6 Å². The summed E-state index contributed by atoms with van der Waals surface area (Å²) in [6.45, 7) is 3.58. The number of benzene rings is 2. The number of aryl methyl sites for hydroxylation is 1. The molecule has 0 saturated carbocycles. The van der Waals surface area contributed by atoms with Crippen molar-refractivity contribution in [3.05, 3.63) is 47.5 Å². The zero-order valence-electron chi connectivity index (χ0n) is 13.1. The van der Waals surface area contributed by atoms with Crippen LogP contribution < -0.4 is 11.1 Å². The topological polar surface area (TPSA) is 68.0 Å². The Kier molecular flexibility index (Phi) is 4.19. The number of rotatable bonds is 4. The van der Waals surface area contributed by atoms with Crippen molar-refractivity contribution >= 4 is 33.1 Å². The van der Waals surface area contributed by atoms with Crippen LogP contribution in [-0.2, 0) is 4.79 Å². The fourth-order valence-electron chi connectivity index (χ4n) is 2.31. The van der Waals surface area contributed by atoms with Crippen LogP contribution in [0.3, 0.4) is 0 Å². The third kappa shape index (κ3) is 3.07. The molecule has 0 fully saturated rings. The van der Waals surface area contributed by atoms with E-state index in [-0.39, 0.29) is 0 Å². The number of nitrogens with two attached hydrogens (primary N) is 1. The molecule has 1 aromatic heterocycles. The second-order valence-electron chi connectivity index (χ2n) is 5.55. The van der Waals surface area contributed by atoms with Gasteiger partial charge in [0.2, 0.25) is 5.91 Å². The van der Waals surface area contributed by atoms with Gasteiger partial charge in [0.25, 0.3) is 0 Å². The van der Waals surface area contributed by atoms with Crippen molar-refractivity contribution in [3.63, 3.8) is 0 Å². The van der Waals surface area contributed by atoms with Gasteiger partial charge in [0.1, 0.15) is 11.0 Å². The van der Waals surface area contributed by atoms with Crippen LogP contribution in [0.15, 0.2) is 30.3 Å². The number of thiazole rings is 1. The lowest BCUT2D eigenvalue weighted by Crippen LogP contribution is -2.32. The number of aromatic nitrogens is 1. The summed E-state index contributed by atoms with van der Waals surface area (Å²) in [4.78, 5) is 15.5. The molecule has 3 N–H and O–H groups in total. The number of primary amides is 1. The summed E-state index contributed by atoms with van der Waals surface area (Å²) < 4.78 is 27.2. The minimum Gasteiger partial charge on any atom is -0.374 e. The van der Waals surface area contributed by atoms with E-state index < -0.39 is 23.6 Å². The zero-order chi connectivity index (χ0) is 17.4. The summed E-state index contributed by atoms with van der Waals surface area (Å²) in [5.41, 5.74) is 8.23. The Labute approximate surface area is 141 Å². The van der Waals surface area contributed by atoms with Gasteiger partial charge < -0.3 is 11.1 Å². The second kappa shape index (κ2) is 6.16. The predicted molar refractivity (Wildman–Crippen MR) is 92.0 cm³/mol. The highest BCUT2D eigenvalue weighted by atomic mass is 32.1. The molecular formula is C17H15F2N3OS. The lowest BCUT2D eigenvalue weighted by molar-refractivity contribution is -0.118. The van der Waals surface area contributed by atoms with E-state index in [1.807, 2.05) is 25.1 Å². The smallest absolute Gasteiger partial charge is 0.239 e. The van der Waals surface area contributed by atoms with Gasteiger partial charge in [0.05, 0.1) is 10.2 Å². The van der Waals surface area contributed by atoms with E-state index in [1.54, 1.807) is 6.92 Å². The molecule has 0 aliphatic rings. The van der Waals surface area contributed by atoms with Crippen LogP contribution in [0.25, 0.3) is 20.8 Å². The Bertz CT molecular complexity index is 900. The molecule has 0 saturated heterocycles. The molecule has 0 bridgehead atoms. The summed E-state index contributed by atoms with van der Waals surface area (Å²) >= 11 is 1.29. The Morgan fingerprint density at radius 1 is 1.25 bits per heavy atom. The Hall–Kier alpha value is -2.54. The molecule has 3 aromatic rings. The van der Waals surface area contributed by atoms with Gasteiger partial charge in [0, 0.05) is 17.3 Å². The van der Waals surface area contributed by atoms with E-state index in [0.29, 0.717) is 15.2 Å². The van der Waals surface area contributed by atoms with E-state index in [2.05, 4.69) is 10.3 Å². The molecule has 0 aliphatic carbocycles. The van der Waals surface area contributed by atoms with Crippen LogP contribution in [0, 0.1) is 18.6 Å². The summed E-state index contributed by atoms with van der Waals surface area (Å²) in [6, 6.07) is 7.35. The van der Waals surface area contributed by atoms with Gasteiger partial charge in [-0.25, -0.2) is 13.8 Å². The number of carbonyl (C=O) groups excluding carboxylic acids is 1. The van der Waals surface area contributed by atoms with Crippen molar-refractivity contribution < 1.29 is 13.6 Å². The fourth-order valence-corrected chi connectivity index (χ4v) is 3.28. The Morgan fingerprint density at radius 3 is 2.62 bits per heavy atom. The third-order valence-corrected chi connectivity index (χ3v) is 4.77. The first-order valence-electron chi connectivity index (χ1n) is 7.27. The van der Waals surface area contributed by atoms with Gasteiger partial charge in [-0.05, 0) is 43.7 Å². The molecule has 4 nitrogen and oxygen atoms in total. The van der Waals surface area contributed by atoms with Gasteiger partial charge in [-0.2, -0.15) is 0 Å². The number of nitrogens with zero attached hydrogens (tertiary/aromatic N) is 1. The molecule has 3 rings (SSSR count). The number of hydrogen-bond acceptors (Lipinski definition) is 4. The van der Waals surface area contributed by atoms with Gasteiger partial charge >= 0.3 is 0 Å². The maximum absolute atomic E-state index is 13.3. The minimum absolute atomic E-state index is 0.427. The van der Waals surface area contributed by atoms with Crippen LogP contribution in [0.4, 0.5) is 14.5 Å². The fraction of sp³-hybridized carbons (Fsp3) is 0.176. The molecule has 7 heteroatoms. The first-order chi connectivity index (χ1) is 11.3. The number of amides is 1. The van der Waals surface area contributed by atoms with Crippen LogP contribution in [-0.4, -0.2) is 16.9 Å². The SMILES string of the molecule is Cc1cc(-c2nc3cc(F)c(F)cc3s2)ccc1NC(C)C(N)=O. The van der Waals surface area contributed by atoms with Crippen molar-refractivity contribution in [1.29, 1.82) is 0 Å². The first kappa shape index (κ1) is 16.3. The maximum Gasteiger partial charge on any atom is 0.239 e. The monoisotopic (exact) mass is 347 g/mol. The highest BCUT2D eigenvalue weighted by molar-refractivity contribution is 7.21. The normalized spacial score (nSPS) is 12.3. The molecule has 1 heterocycles. The first-order valence-corrected chi connectivity index (χ1v) is 8.09.